The highest BCUT2D eigenvalue weighted by molar-refractivity contribution is 6.74. The van der Waals surface area contributed by atoms with Crippen molar-refractivity contribution >= 4 is 14.1 Å². The zero-order valence-corrected chi connectivity index (χ0v) is 19.4. The zero-order valence-electron chi connectivity index (χ0n) is 18.4. The molecule has 28 heavy (non-hydrogen) atoms. The van der Waals surface area contributed by atoms with Crippen LogP contribution in [0.3, 0.4) is 0 Å². The lowest BCUT2D eigenvalue weighted by atomic mass is 9.65. The molecule has 156 valence electrons. The third-order valence-electron chi connectivity index (χ3n) is 7.14. The molecule has 1 heterocycles. The summed E-state index contributed by atoms with van der Waals surface area (Å²) in [5.41, 5.74) is -0.307. The molecule has 1 saturated carbocycles. The van der Waals surface area contributed by atoms with Crippen molar-refractivity contribution < 1.29 is 18.7 Å². The average Bonchev–Trinajstić information content (AvgIpc) is 2.95. The summed E-state index contributed by atoms with van der Waals surface area (Å²) in [5.74, 6) is 1.07. The number of hydrogen-bond donors (Lipinski definition) is 0. The van der Waals surface area contributed by atoms with E-state index in [2.05, 4.69) is 33.9 Å². The van der Waals surface area contributed by atoms with Gasteiger partial charge in [-0.2, -0.15) is 0 Å². The molecule has 3 rings (SSSR count). The number of hydrogen-bond acceptors (Lipinski definition) is 4. The third-order valence-corrected chi connectivity index (χ3v) is 11.7. The van der Waals surface area contributed by atoms with Crippen LogP contribution in [0.25, 0.3) is 0 Å². The highest BCUT2D eigenvalue weighted by atomic mass is 28.4. The number of para-hydroxylation sites is 2. The van der Waals surface area contributed by atoms with E-state index in [1.807, 2.05) is 31.2 Å². The summed E-state index contributed by atoms with van der Waals surface area (Å²) >= 11 is 0. The Morgan fingerprint density at radius 3 is 2.29 bits per heavy atom. The number of benzene rings is 1. The minimum absolute atomic E-state index is 0.205. The molecular formula is C23H36O4Si. The zero-order chi connectivity index (χ0) is 20.6. The Balaban J connectivity index is 1.72. The van der Waals surface area contributed by atoms with Gasteiger partial charge in [-0.25, -0.2) is 0 Å². The van der Waals surface area contributed by atoms with Crippen molar-refractivity contribution in [2.75, 3.05) is 6.61 Å². The lowest BCUT2D eigenvalue weighted by Gasteiger charge is -2.46. The van der Waals surface area contributed by atoms with Gasteiger partial charge >= 0.3 is 0 Å². The van der Waals surface area contributed by atoms with Crippen LogP contribution in [0.2, 0.25) is 18.1 Å². The number of ether oxygens (including phenoxy) is 2. The molecule has 0 bridgehead atoms. The lowest BCUT2D eigenvalue weighted by Crippen LogP contribution is -2.55. The van der Waals surface area contributed by atoms with Gasteiger partial charge < -0.3 is 13.9 Å². The van der Waals surface area contributed by atoms with Crippen LogP contribution in [-0.4, -0.2) is 26.5 Å². The standard InChI is InChI=1S/C23H36O4Si/c1-21(2,3)28(5,6)25-16-10-15-23(14-9-11-18(24)17-23)22(4)26-19-12-7-8-13-20(19)27-22/h7-8,12-13H,9-11,14-17H2,1-6H3/t23-/m0/s1. The summed E-state index contributed by atoms with van der Waals surface area (Å²) in [6, 6.07) is 7.80. The van der Waals surface area contributed by atoms with Gasteiger partial charge in [0.1, 0.15) is 5.78 Å². The summed E-state index contributed by atoms with van der Waals surface area (Å²) in [6.07, 6.45) is 4.84. The first-order valence-electron chi connectivity index (χ1n) is 10.6. The Hall–Kier alpha value is -1.33. The molecule has 2 aliphatic rings. The second-order valence-electron chi connectivity index (χ2n) is 10.2. The van der Waals surface area contributed by atoms with Crippen molar-refractivity contribution in [3.05, 3.63) is 24.3 Å². The number of rotatable bonds is 6. The Morgan fingerprint density at radius 1 is 1.14 bits per heavy atom. The molecule has 1 aliphatic carbocycles. The SMILES string of the molecule is CC1([C@]2(CCCO[Si](C)(C)C(C)(C)C)CCCC(=O)C2)Oc2ccccc2O1. The highest BCUT2D eigenvalue weighted by Crippen LogP contribution is 2.54. The van der Waals surface area contributed by atoms with E-state index < -0.39 is 14.1 Å². The van der Waals surface area contributed by atoms with Gasteiger partial charge in [0, 0.05) is 26.4 Å². The Morgan fingerprint density at radius 2 is 1.75 bits per heavy atom. The molecule has 0 unspecified atom stereocenters. The fraction of sp³-hybridized carbons (Fsp3) is 0.696. The van der Waals surface area contributed by atoms with Crippen LogP contribution in [0.15, 0.2) is 24.3 Å². The van der Waals surface area contributed by atoms with Gasteiger partial charge in [-0.15, -0.1) is 0 Å². The quantitative estimate of drug-likeness (QED) is 0.424. The summed E-state index contributed by atoms with van der Waals surface area (Å²) in [4.78, 5) is 12.4. The van der Waals surface area contributed by atoms with Crippen molar-refractivity contribution in [2.45, 2.75) is 90.1 Å². The van der Waals surface area contributed by atoms with E-state index in [0.29, 0.717) is 18.6 Å². The van der Waals surface area contributed by atoms with E-state index in [0.717, 1.165) is 43.8 Å². The smallest absolute Gasteiger partial charge is 0.254 e. The van der Waals surface area contributed by atoms with E-state index >= 15 is 0 Å². The maximum absolute atomic E-state index is 12.4. The van der Waals surface area contributed by atoms with Gasteiger partial charge in [0.15, 0.2) is 19.8 Å². The van der Waals surface area contributed by atoms with Gasteiger partial charge in [-0.3, -0.25) is 4.79 Å². The van der Waals surface area contributed by atoms with Gasteiger partial charge in [0.25, 0.3) is 5.79 Å². The van der Waals surface area contributed by atoms with Crippen molar-refractivity contribution in [2.24, 2.45) is 5.41 Å². The first-order valence-corrected chi connectivity index (χ1v) is 13.5. The maximum Gasteiger partial charge on any atom is 0.254 e. The van der Waals surface area contributed by atoms with Gasteiger partial charge in [-0.1, -0.05) is 32.9 Å². The lowest BCUT2D eigenvalue weighted by molar-refractivity contribution is -0.184. The van der Waals surface area contributed by atoms with Crippen LogP contribution in [0.1, 0.15) is 66.2 Å². The maximum atomic E-state index is 12.4. The highest BCUT2D eigenvalue weighted by Gasteiger charge is 2.56. The van der Waals surface area contributed by atoms with E-state index in [9.17, 15) is 4.79 Å². The van der Waals surface area contributed by atoms with Crippen molar-refractivity contribution in [1.29, 1.82) is 0 Å². The van der Waals surface area contributed by atoms with Crippen LogP contribution < -0.4 is 9.47 Å². The Kier molecular flexibility index (Phi) is 5.72. The molecule has 0 N–H and O–H groups in total. The number of carbonyl (C=O) groups excluding carboxylic acids is 1. The molecule has 1 atom stereocenters. The van der Waals surface area contributed by atoms with Crippen molar-refractivity contribution in [3.8, 4) is 11.5 Å². The molecule has 0 saturated heterocycles. The first-order chi connectivity index (χ1) is 13.0. The molecule has 4 nitrogen and oxygen atoms in total. The molecule has 5 heteroatoms. The van der Waals surface area contributed by atoms with E-state index in [4.69, 9.17) is 13.9 Å². The topological polar surface area (TPSA) is 44.8 Å². The first kappa shape index (κ1) is 21.4. The van der Waals surface area contributed by atoms with Crippen molar-refractivity contribution in [1.82, 2.24) is 0 Å². The monoisotopic (exact) mass is 404 g/mol. The van der Waals surface area contributed by atoms with E-state index in [1.54, 1.807) is 0 Å². The largest absolute Gasteiger partial charge is 0.448 e. The summed E-state index contributed by atoms with van der Waals surface area (Å²) < 4.78 is 19.0. The molecular weight excluding hydrogens is 368 g/mol. The predicted molar refractivity (Wildman–Crippen MR) is 114 cm³/mol. The minimum atomic E-state index is -1.76. The van der Waals surface area contributed by atoms with Gasteiger partial charge in [0.05, 0.1) is 5.41 Å². The normalized spacial score (nSPS) is 24.4. The third kappa shape index (κ3) is 4.01. The van der Waals surface area contributed by atoms with E-state index in [1.165, 1.54) is 0 Å². The van der Waals surface area contributed by atoms with Gasteiger partial charge in [0.2, 0.25) is 0 Å². The Bertz CT molecular complexity index is 697. The molecule has 1 aliphatic heterocycles. The molecule has 0 amide bonds. The fourth-order valence-electron chi connectivity index (χ4n) is 4.24. The molecule has 0 aromatic heterocycles. The summed E-state index contributed by atoms with van der Waals surface area (Å²) in [6.45, 7) is 14.1. The second kappa shape index (κ2) is 7.49. The molecule has 1 aromatic carbocycles. The molecule has 1 fully saturated rings. The van der Waals surface area contributed by atoms with Crippen LogP contribution >= 0.6 is 0 Å². The number of ketones is 1. The number of carbonyl (C=O) groups is 1. The average molecular weight is 405 g/mol. The summed E-state index contributed by atoms with van der Waals surface area (Å²) in [7, 11) is -1.76. The van der Waals surface area contributed by atoms with Crippen LogP contribution in [-0.2, 0) is 9.22 Å². The van der Waals surface area contributed by atoms with Crippen molar-refractivity contribution in [3.63, 3.8) is 0 Å². The molecule has 0 spiro atoms. The van der Waals surface area contributed by atoms with Crippen LogP contribution in [0.4, 0.5) is 0 Å². The van der Waals surface area contributed by atoms with Crippen LogP contribution in [0, 0.1) is 5.41 Å². The minimum Gasteiger partial charge on any atom is -0.448 e. The fourth-order valence-corrected chi connectivity index (χ4v) is 5.32. The van der Waals surface area contributed by atoms with Crippen LogP contribution in [0.5, 0.6) is 11.5 Å². The molecule has 1 aromatic rings. The van der Waals surface area contributed by atoms with E-state index in [-0.39, 0.29) is 10.5 Å². The second-order valence-corrected chi connectivity index (χ2v) is 15.0. The predicted octanol–water partition coefficient (Wildman–Crippen LogP) is 6.11. The van der Waals surface area contributed by atoms with Gasteiger partial charge in [-0.05, 0) is 55.9 Å². The Labute approximate surface area is 171 Å². The molecule has 0 radical (unpaired) electrons. The number of fused-ring (bicyclic) bond motifs is 1. The summed E-state index contributed by atoms with van der Waals surface area (Å²) in [5, 5.41) is 0.205. The number of Topliss-reactive ketones (excluding diaryl/α,β-unsaturated/α-hetero) is 1.